The molecule has 0 saturated heterocycles. The number of carbonyl (C=O) groups is 2. The third-order valence-corrected chi connectivity index (χ3v) is 9.55. The first-order valence-corrected chi connectivity index (χ1v) is 19.4. The molecule has 0 aliphatic rings. The van der Waals surface area contributed by atoms with Crippen LogP contribution in [0.25, 0.3) is 38.5 Å². The van der Waals surface area contributed by atoms with Gasteiger partial charge in [0.2, 0.25) is 11.7 Å². The molecule has 0 saturated carbocycles. The lowest BCUT2D eigenvalue weighted by Gasteiger charge is -2.20. The topological polar surface area (TPSA) is 314 Å². The summed E-state index contributed by atoms with van der Waals surface area (Å²) in [5.41, 5.74) is 5.88. The van der Waals surface area contributed by atoms with Crippen molar-refractivity contribution in [2.45, 2.75) is 12.1 Å². The first-order chi connectivity index (χ1) is 32.3. The minimum absolute atomic E-state index is 0.000423. The number of fused-ring (bicyclic) bond motifs is 2. The van der Waals surface area contributed by atoms with E-state index in [2.05, 4.69) is 86.6 Å². The zero-order chi connectivity index (χ0) is 45.6. The fourth-order valence-corrected chi connectivity index (χ4v) is 6.43. The van der Waals surface area contributed by atoms with Gasteiger partial charge in [-0.05, 0) is 60.7 Å². The number of azo groups is 1. The quantitative estimate of drug-likeness (QED) is 0.0535. The second-order valence-electron chi connectivity index (χ2n) is 13.7. The molecule has 0 bridgehead atoms. The number of benzene rings is 3. The number of H-pyrrole nitrogens is 2. The average molecular weight is 877 g/mol. The van der Waals surface area contributed by atoms with E-state index < -0.39 is 35.0 Å². The molecular weight excluding hydrogens is 849 g/mol. The van der Waals surface area contributed by atoms with Crippen molar-refractivity contribution < 1.29 is 9.59 Å². The molecule has 2 atom stereocenters. The van der Waals surface area contributed by atoms with Gasteiger partial charge in [0.1, 0.15) is 23.3 Å². The Bertz CT molecular complexity index is 3520. The summed E-state index contributed by atoms with van der Waals surface area (Å²) in [6.07, 6.45) is 8.47. The van der Waals surface area contributed by atoms with E-state index in [9.17, 15) is 24.4 Å². The van der Waals surface area contributed by atoms with Gasteiger partial charge in [0, 0.05) is 36.2 Å². The van der Waals surface area contributed by atoms with E-state index in [-0.39, 0.29) is 63.2 Å². The number of rotatable bonds is 13. The van der Waals surface area contributed by atoms with Crippen LogP contribution in [-0.4, -0.2) is 71.2 Å². The van der Waals surface area contributed by atoms with Crippen LogP contribution in [0.3, 0.4) is 0 Å². The average Bonchev–Trinajstić information content (AvgIpc) is 3.97. The lowest BCUT2D eigenvalue weighted by atomic mass is 10.2. The molecule has 0 aliphatic heterocycles. The lowest BCUT2D eigenvalue weighted by Crippen LogP contribution is -2.39. The number of hydrogen-bond donors (Lipinski definition) is 6. The molecule has 24 nitrogen and oxygen atoms in total. The minimum Gasteiger partial charge on any atom is -0.324 e. The number of aromatic nitrogens is 12. The minimum atomic E-state index is -1.57. The van der Waals surface area contributed by atoms with Crippen LogP contribution in [0.5, 0.6) is 0 Å². The third kappa shape index (κ3) is 8.38. The van der Waals surface area contributed by atoms with E-state index in [1.165, 1.54) is 70.8 Å². The van der Waals surface area contributed by atoms with Crippen molar-refractivity contribution in [1.29, 1.82) is 5.26 Å². The molecule has 0 fully saturated rings. The van der Waals surface area contributed by atoms with Gasteiger partial charge < -0.3 is 26.0 Å². The van der Waals surface area contributed by atoms with E-state index in [4.69, 9.17) is 6.57 Å². The van der Waals surface area contributed by atoms with Crippen molar-refractivity contribution in [2.24, 2.45) is 10.2 Å². The fourth-order valence-electron chi connectivity index (χ4n) is 6.43. The lowest BCUT2D eigenvalue weighted by molar-refractivity contribution is -0.118. The first-order valence-electron chi connectivity index (χ1n) is 19.4. The normalized spacial score (nSPS) is 12.0. The standard InChI is InChI=1S/C42H28N20O4/c1-44-30-22-50-62(42-47-18-7-19-48-42)36(30)60-58-32(34-54-29-11-5-3-9-27(29)38(64)56-34)40(66)52-25-14-12-24(13-15-25)51-39(65)31(33-53-28-10-4-2-8-26(28)37(63)55-33)57-59-35-23(20-43)21-49-61(35)41-45-16-6-17-46-41/h2-19,21-22,31-32,58,60H,(H,51,65)(H,52,66)(H,53,55,63)(H,54,56,64). The maximum absolute atomic E-state index is 14.1. The zero-order valence-electron chi connectivity index (χ0n) is 33.6. The maximum atomic E-state index is 14.1. The molecule has 0 aliphatic carbocycles. The molecule has 2 unspecified atom stereocenters. The van der Waals surface area contributed by atoms with Crippen molar-refractivity contribution >= 4 is 62.3 Å². The smallest absolute Gasteiger partial charge is 0.258 e. The highest BCUT2D eigenvalue weighted by atomic mass is 16.2. The zero-order valence-corrected chi connectivity index (χ0v) is 33.6. The number of nitriles is 1. The Balaban J connectivity index is 0.991. The van der Waals surface area contributed by atoms with Crippen molar-refractivity contribution in [3.05, 3.63) is 171 Å². The summed E-state index contributed by atoms with van der Waals surface area (Å²) in [6.45, 7) is 7.68. The Labute approximate surface area is 369 Å². The third-order valence-electron chi connectivity index (χ3n) is 9.55. The van der Waals surface area contributed by atoms with Gasteiger partial charge in [-0.2, -0.15) is 29.9 Å². The van der Waals surface area contributed by atoms with Gasteiger partial charge in [0.15, 0.2) is 17.7 Å². The molecule has 0 radical (unpaired) electrons. The summed E-state index contributed by atoms with van der Waals surface area (Å²) >= 11 is 0. The van der Waals surface area contributed by atoms with Gasteiger partial charge in [-0.3, -0.25) is 19.2 Å². The van der Waals surface area contributed by atoms with E-state index in [1.54, 1.807) is 60.7 Å². The highest BCUT2D eigenvalue weighted by Crippen LogP contribution is 2.28. The van der Waals surface area contributed by atoms with Gasteiger partial charge in [-0.1, -0.05) is 24.3 Å². The second-order valence-corrected chi connectivity index (χ2v) is 13.7. The number of nitrogens with zero attached hydrogens (tertiary/aromatic N) is 14. The SMILES string of the molecule is [C-]#[N+]c1cnn(-c2ncccn2)c1NNC(C(=O)Nc1ccc(NC(=O)C(N=Nc2c(C#N)cnn2-c2ncccn2)c2nc3ccccc3c(=O)[nH]2)cc1)c1nc2ccccc2c(=O)[nH]1. The van der Waals surface area contributed by atoms with Gasteiger partial charge in [0.25, 0.3) is 34.8 Å². The molecule has 320 valence electrons. The molecule has 9 aromatic rings. The Hall–Kier alpha value is -10.2. The molecular formula is C42H28N20O4. The predicted octanol–water partition coefficient (Wildman–Crippen LogP) is 4.29. The Morgan fingerprint density at radius 3 is 1.86 bits per heavy atom. The summed E-state index contributed by atoms with van der Waals surface area (Å²) in [7, 11) is 0. The molecule has 6 heterocycles. The van der Waals surface area contributed by atoms with Crippen LogP contribution in [0.1, 0.15) is 29.3 Å². The molecule has 66 heavy (non-hydrogen) atoms. The number of aromatic amines is 2. The summed E-state index contributed by atoms with van der Waals surface area (Å²) in [6, 6.07) is 21.3. The number of carbonyl (C=O) groups excluding carboxylic acids is 2. The van der Waals surface area contributed by atoms with Crippen LogP contribution >= 0.6 is 0 Å². The summed E-state index contributed by atoms with van der Waals surface area (Å²) in [4.78, 5) is 89.1. The van der Waals surface area contributed by atoms with Gasteiger partial charge >= 0.3 is 0 Å². The fraction of sp³-hybridized carbons (Fsp3) is 0.0476. The number of para-hydroxylation sites is 2. The van der Waals surface area contributed by atoms with Crippen molar-refractivity contribution in [1.82, 2.24) is 64.9 Å². The summed E-state index contributed by atoms with van der Waals surface area (Å²) in [5.74, 6) is -1.48. The van der Waals surface area contributed by atoms with Crippen LogP contribution in [0, 0.1) is 17.9 Å². The Morgan fingerprint density at radius 2 is 1.26 bits per heavy atom. The number of hydrazine groups is 1. The summed E-state index contributed by atoms with van der Waals surface area (Å²) in [5, 5.41) is 32.8. The molecule has 2 amide bonds. The Morgan fingerprint density at radius 1 is 0.712 bits per heavy atom. The first kappa shape index (κ1) is 41.2. The molecule has 3 aromatic carbocycles. The monoisotopic (exact) mass is 876 g/mol. The molecule has 24 heteroatoms. The largest absolute Gasteiger partial charge is 0.324 e. The van der Waals surface area contributed by atoms with Crippen LogP contribution in [0.2, 0.25) is 0 Å². The van der Waals surface area contributed by atoms with Gasteiger partial charge in [-0.25, -0.2) is 40.2 Å². The number of anilines is 3. The van der Waals surface area contributed by atoms with Crippen LogP contribution in [0.15, 0.2) is 142 Å². The Kier molecular flexibility index (Phi) is 11.2. The van der Waals surface area contributed by atoms with E-state index in [0.29, 0.717) is 16.4 Å². The second kappa shape index (κ2) is 18.0. The van der Waals surface area contributed by atoms with E-state index in [1.807, 2.05) is 6.07 Å². The van der Waals surface area contributed by atoms with Crippen LogP contribution in [-0.2, 0) is 9.59 Å². The van der Waals surface area contributed by atoms with Crippen LogP contribution < -0.4 is 32.6 Å². The van der Waals surface area contributed by atoms with Gasteiger partial charge in [-0.15, -0.1) is 5.11 Å². The van der Waals surface area contributed by atoms with Gasteiger partial charge in [0.05, 0.1) is 40.8 Å². The van der Waals surface area contributed by atoms with E-state index in [0.717, 1.165) is 0 Å². The highest BCUT2D eigenvalue weighted by Gasteiger charge is 2.28. The number of hydrogen-bond acceptors (Lipinski definition) is 17. The molecule has 9 rings (SSSR count). The van der Waals surface area contributed by atoms with Crippen molar-refractivity contribution in [2.75, 3.05) is 16.1 Å². The van der Waals surface area contributed by atoms with Crippen molar-refractivity contribution in [3.63, 3.8) is 0 Å². The molecule has 0 spiro atoms. The highest BCUT2D eigenvalue weighted by molar-refractivity contribution is 5.97. The molecule has 6 aromatic heterocycles. The van der Waals surface area contributed by atoms with Crippen molar-refractivity contribution in [3.8, 4) is 18.0 Å². The molecule has 6 N–H and O–H groups in total. The van der Waals surface area contributed by atoms with Crippen LogP contribution in [0.4, 0.5) is 28.7 Å². The number of nitrogens with one attached hydrogen (secondary N) is 6. The number of amides is 2. The maximum Gasteiger partial charge on any atom is 0.258 e. The predicted molar refractivity (Wildman–Crippen MR) is 234 cm³/mol. The van der Waals surface area contributed by atoms with E-state index >= 15 is 0 Å². The summed E-state index contributed by atoms with van der Waals surface area (Å²) < 4.78 is 2.43.